The average Bonchev–Trinajstić information content (AvgIpc) is 2.82. The monoisotopic (exact) mass is 557 g/mol. The molecule has 168 valence electrons. The maximum Gasteiger partial charge on any atom is 0.217 e. The molecule has 1 aromatic rings. The van der Waals surface area contributed by atoms with E-state index in [2.05, 4.69) is 48.3 Å². The fourth-order valence-electron chi connectivity index (χ4n) is 6.79. The van der Waals surface area contributed by atoms with E-state index in [4.69, 9.17) is 4.99 Å². The molecule has 4 heteroatoms. The summed E-state index contributed by atoms with van der Waals surface area (Å²) < 4.78 is 0. The molecule has 4 rings (SSSR count). The maximum absolute atomic E-state index is 5.50. The normalized spacial score (nSPS) is 23.2. The average molecular weight is 558 g/mol. The van der Waals surface area contributed by atoms with Gasteiger partial charge in [0.1, 0.15) is 0 Å². The zero-order valence-electron chi connectivity index (χ0n) is 18.9. The minimum absolute atomic E-state index is 0. The fourth-order valence-corrected chi connectivity index (χ4v) is 16.3. The maximum atomic E-state index is 5.50. The van der Waals surface area contributed by atoms with Gasteiger partial charge in [0.15, 0.2) is 0 Å². The molecule has 0 spiro atoms. The molecular formula is C26H41INPS. The molecule has 1 aromatic carbocycles. The van der Waals surface area contributed by atoms with Gasteiger partial charge in [-0.3, -0.25) is 0 Å². The third-order valence-electron chi connectivity index (χ3n) is 8.03. The smallest absolute Gasteiger partial charge is 0.217 e. The zero-order chi connectivity index (χ0) is 19.9. The number of hydrogen-bond donors (Lipinski definition) is 0. The predicted octanol–water partition coefficient (Wildman–Crippen LogP) is 6.06. The first-order valence-corrected chi connectivity index (χ1v) is 15.6. The van der Waals surface area contributed by atoms with Crippen LogP contribution in [0.25, 0.3) is 0 Å². The second-order valence-corrected chi connectivity index (χ2v) is 15.0. The lowest BCUT2D eigenvalue weighted by Gasteiger charge is -2.48. The summed E-state index contributed by atoms with van der Waals surface area (Å²) in [5.74, 6) is 0. The molecule has 0 radical (unpaired) electrons. The van der Waals surface area contributed by atoms with Crippen LogP contribution in [0.5, 0.6) is 0 Å². The Hall–Kier alpha value is 0.400. The lowest BCUT2D eigenvalue weighted by atomic mass is 9.99. The van der Waals surface area contributed by atoms with Gasteiger partial charge in [0.25, 0.3) is 0 Å². The van der Waals surface area contributed by atoms with E-state index < -0.39 is 7.26 Å². The van der Waals surface area contributed by atoms with Crippen molar-refractivity contribution in [2.45, 2.75) is 113 Å². The first-order valence-electron chi connectivity index (χ1n) is 12.4. The Morgan fingerprint density at radius 3 is 1.47 bits per heavy atom. The first-order chi connectivity index (χ1) is 14.4. The van der Waals surface area contributed by atoms with Crippen molar-refractivity contribution < 1.29 is 24.0 Å². The molecule has 0 heterocycles. The van der Waals surface area contributed by atoms with Crippen molar-refractivity contribution in [1.82, 2.24) is 0 Å². The molecular weight excluding hydrogens is 516 g/mol. The first kappa shape index (κ1) is 25.0. The SMILES string of the molecule is CSC(=Nc1ccccc1)[P+](C1CCCCC1)(C1CCCCC1)C1CCCCC1.[I-]. The highest BCUT2D eigenvalue weighted by Crippen LogP contribution is 2.79. The fraction of sp³-hybridized carbons (Fsp3) is 0.731. The van der Waals surface area contributed by atoms with Crippen LogP contribution in [0, 0.1) is 0 Å². The summed E-state index contributed by atoms with van der Waals surface area (Å²) in [6.07, 6.45) is 24.6. The van der Waals surface area contributed by atoms with Crippen molar-refractivity contribution in [2.24, 2.45) is 4.99 Å². The van der Waals surface area contributed by atoms with Crippen LogP contribution in [0.3, 0.4) is 0 Å². The Labute approximate surface area is 207 Å². The van der Waals surface area contributed by atoms with Crippen molar-refractivity contribution in [3.63, 3.8) is 0 Å². The molecule has 3 saturated carbocycles. The summed E-state index contributed by atoms with van der Waals surface area (Å²) in [7, 11) is -1.29. The Bertz CT molecular complexity index is 601. The van der Waals surface area contributed by atoms with Crippen LogP contribution in [0.2, 0.25) is 0 Å². The standard InChI is InChI=1S/C26H41NPS.HI/c1-29-26(27-22-14-6-2-7-15-22)28(23-16-8-3-9-17-23,24-18-10-4-11-19-24)25-20-12-5-13-21-25;/h2,6-7,14-15,23-25H,3-5,8-13,16-21H2,1H3;1H/q+1;/p-1. The van der Waals surface area contributed by atoms with Gasteiger partial charge in [-0.05, 0) is 95.4 Å². The van der Waals surface area contributed by atoms with Crippen LogP contribution < -0.4 is 24.0 Å². The van der Waals surface area contributed by atoms with E-state index >= 15 is 0 Å². The van der Waals surface area contributed by atoms with E-state index in [1.807, 2.05) is 0 Å². The van der Waals surface area contributed by atoms with Gasteiger partial charge in [0.05, 0.1) is 29.9 Å². The number of benzene rings is 1. The van der Waals surface area contributed by atoms with Crippen molar-refractivity contribution >= 4 is 29.5 Å². The summed E-state index contributed by atoms with van der Waals surface area (Å²) in [6, 6.07) is 10.9. The van der Waals surface area contributed by atoms with Crippen LogP contribution in [-0.2, 0) is 0 Å². The summed E-state index contributed by atoms with van der Waals surface area (Å²) in [5.41, 5.74) is 4.11. The predicted molar refractivity (Wildman–Crippen MR) is 135 cm³/mol. The van der Waals surface area contributed by atoms with Gasteiger partial charge >= 0.3 is 0 Å². The van der Waals surface area contributed by atoms with Crippen molar-refractivity contribution in [2.75, 3.05) is 6.26 Å². The summed E-state index contributed by atoms with van der Waals surface area (Å²) in [4.78, 5) is 7.12. The molecule has 0 N–H and O–H groups in total. The minimum Gasteiger partial charge on any atom is -1.00 e. The van der Waals surface area contributed by atoms with Crippen LogP contribution in [0.1, 0.15) is 96.3 Å². The highest BCUT2D eigenvalue weighted by Gasteiger charge is 2.61. The molecule has 3 aliphatic carbocycles. The van der Waals surface area contributed by atoms with Crippen LogP contribution in [0.4, 0.5) is 5.69 Å². The molecule has 3 fully saturated rings. The van der Waals surface area contributed by atoms with Crippen molar-refractivity contribution in [1.29, 1.82) is 0 Å². The lowest BCUT2D eigenvalue weighted by molar-refractivity contribution is -0.00000597. The van der Waals surface area contributed by atoms with Gasteiger partial charge in [-0.15, -0.1) is 0 Å². The van der Waals surface area contributed by atoms with Crippen LogP contribution in [0.15, 0.2) is 35.3 Å². The third kappa shape index (κ3) is 5.48. The van der Waals surface area contributed by atoms with Gasteiger partial charge in [0, 0.05) is 0 Å². The van der Waals surface area contributed by atoms with Gasteiger partial charge < -0.3 is 24.0 Å². The Kier molecular flexibility index (Phi) is 10.5. The van der Waals surface area contributed by atoms with E-state index in [1.54, 1.807) is 4.78 Å². The van der Waals surface area contributed by atoms with E-state index in [9.17, 15) is 0 Å². The summed E-state index contributed by atoms with van der Waals surface area (Å²) in [5, 5.41) is 0. The molecule has 0 saturated heterocycles. The molecule has 0 bridgehead atoms. The van der Waals surface area contributed by atoms with Crippen molar-refractivity contribution in [3.05, 3.63) is 30.3 Å². The minimum atomic E-state index is -1.29. The molecule has 0 aromatic heterocycles. The van der Waals surface area contributed by atoms with Crippen LogP contribution >= 0.6 is 19.0 Å². The number of halogens is 1. The molecule has 0 amide bonds. The quantitative estimate of drug-likeness (QED) is 0.186. The number of rotatable bonds is 5. The Balaban J connectivity index is 0.00000256. The second-order valence-electron chi connectivity index (χ2n) is 9.64. The van der Waals surface area contributed by atoms with Gasteiger partial charge in [-0.1, -0.05) is 49.2 Å². The number of para-hydroxylation sites is 1. The number of nitrogens with zero attached hydrogens (tertiary/aromatic N) is 1. The summed E-state index contributed by atoms with van der Waals surface area (Å²) >= 11 is 2.05. The van der Waals surface area contributed by atoms with Gasteiger partial charge in [-0.25, -0.2) is 4.99 Å². The number of aliphatic imine (C=N–C) groups is 1. The topological polar surface area (TPSA) is 12.4 Å². The van der Waals surface area contributed by atoms with E-state index in [-0.39, 0.29) is 24.0 Å². The lowest BCUT2D eigenvalue weighted by Crippen LogP contribution is -3.00. The van der Waals surface area contributed by atoms with Crippen LogP contribution in [-0.4, -0.2) is 28.0 Å². The highest BCUT2D eigenvalue weighted by atomic mass is 127. The zero-order valence-corrected chi connectivity index (χ0v) is 22.8. The van der Waals surface area contributed by atoms with E-state index in [0.717, 1.165) is 17.0 Å². The van der Waals surface area contributed by atoms with Gasteiger partial charge in [0.2, 0.25) is 4.78 Å². The molecule has 0 aliphatic heterocycles. The Morgan fingerprint density at radius 1 is 0.700 bits per heavy atom. The second kappa shape index (κ2) is 12.6. The van der Waals surface area contributed by atoms with Gasteiger partial charge in [-0.2, -0.15) is 0 Å². The van der Waals surface area contributed by atoms with E-state index in [0.29, 0.717) is 0 Å². The molecule has 1 nitrogen and oxygen atoms in total. The summed E-state index contributed by atoms with van der Waals surface area (Å²) in [6.45, 7) is 0. The molecule has 30 heavy (non-hydrogen) atoms. The third-order valence-corrected chi connectivity index (χ3v) is 15.9. The Morgan fingerprint density at radius 2 is 1.10 bits per heavy atom. The highest BCUT2D eigenvalue weighted by molar-refractivity contribution is 8.29. The molecule has 3 aliphatic rings. The largest absolute Gasteiger partial charge is 1.00 e. The molecule has 0 unspecified atom stereocenters. The molecule has 0 atom stereocenters. The van der Waals surface area contributed by atoms with E-state index in [1.165, 1.54) is 102 Å². The number of thioether (sulfide) groups is 1. The van der Waals surface area contributed by atoms with Crippen molar-refractivity contribution in [3.8, 4) is 0 Å². The number of hydrogen-bond acceptors (Lipinski definition) is 2.